The summed E-state index contributed by atoms with van der Waals surface area (Å²) >= 11 is 0. The summed E-state index contributed by atoms with van der Waals surface area (Å²) in [6, 6.07) is 2.77. The van der Waals surface area contributed by atoms with Crippen LogP contribution in [0, 0.1) is 5.21 Å². The van der Waals surface area contributed by atoms with Gasteiger partial charge in [-0.15, -0.1) is 0 Å². The molecule has 2 N–H and O–H groups in total. The molecule has 0 aliphatic carbocycles. The van der Waals surface area contributed by atoms with E-state index in [9.17, 15) is 10.3 Å². The Morgan fingerprint density at radius 1 is 1.35 bits per heavy atom. The van der Waals surface area contributed by atoms with Crippen molar-refractivity contribution in [2.45, 2.75) is 38.5 Å². The zero-order chi connectivity index (χ0) is 18.5. The minimum absolute atomic E-state index is 0.250. The molecule has 0 saturated carbocycles. The predicted octanol–water partition coefficient (Wildman–Crippen LogP) is 0.801. The van der Waals surface area contributed by atoms with Crippen LogP contribution in [0.5, 0.6) is 5.75 Å². The third-order valence-corrected chi connectivity index (χ3v) is 4.61. The zero-order valence-corrected chi connectivity index (χ0v) is 14.7. The molecule has 0 bridgehead atoms. The van der Waals surface area contributed by atoms with E-state index in [0.29, 0.717) is 34.7 Å². The Bertz CT molecular complexity index is 890. The van der Waals surface area contributed by atoms with Crippen molar-refractivity contribution in [2.75, 3.05) is 6.61 Å². The maximum absolute atomic E-state index is 12.6. The molecule has 4 rings (SSSR count). The second-order valence-electron chi connectivity index (χ2n) is 6.78. The molecule has 3 heterocycles. The van der Waals surface area contributed by atoms with E-state index in [1.165, 1.54) is 11.2 Å². The normalized spacial score (nSPS) is 27.0. The Morgan fingerprint density at radius 3 is 2.81 bits per heavy atom. The first kappa shape index (κ1) is 16.8. The highest BCUT2D eigenvalue weighted by atomic mass is 16.6. The van der Waals surface area contributed by atoms with Crippen molar-refractivity contribution in [1.29, 1.82) is 0 Å². The van der Waals surface area contributed by atoms with Gasteiger partial charge in [0.15, 0.2) is 0 Å². The molecule has 0 saturated heterocycles. The first-order valence-electron chi connectivity index (χ1n) is 8.39. The highest BCUT2D eigenvalue weighted by Crippen LogP contribution is 2.43. The molecule has 1 aromatic heterocycles. The van der Waals surface area contributed by atoms with Crippen LogP contribution in [0.4, 0.5) is 0 Å². The summed E-state index contributed by atoms with van der Waals surface area (Å²) in [4.78, 5) is 0. The summed E-state index contributed by atoms with van der Waals surface area (Å²) in [7, 11) is 0. The maximum Gasteiger partial charge on any atom is 0.145 e. The van der Waals surface area contributed by atoms with Crippen LogP contribution in [0.2, 0.25) is 0 Å². The van der Waals surface area contributed by atoms with Gasteiger partial charge < -0.3 is 19.8 Å². The summed E-state index contributed by atoms with van der Waals surface area (Å²) < 4.78 is 16.3. The van der Waals surface area contributed by atoms with E-state index < -0.39 is 17.7 Å². The van der Waals surface area contributed by atoms with E-state index in [-0.39, 0.29) is 5.17 Å². The quantitative estimate of drug-likeness (QED) is 0.774. The summed E-state index contributed by atoms with van der Waals surface area (Å²) in [5, 5.41) is 32.4. The molecule has 2 aromatic rings. The standard InChI is InChI=1S/C17H20N4O5/c1-4-24-10-5-6-21(23)20(9-10)15-11-7-12-13(19-26-18-12)8-14(11)25-17(2,3)16(15)22/h5-9,15-16,21-22H,4H2,1-3H3. The second-order valence-corrected chi connectivity index (χ2v) is 6.78. The fraction of sp³-hybridized carbons (Fsp3) is 0.412. The molecule has 2 aliphatic heterocycles. The van der Waals surface area contributed by atoms with Gasteiger partial charge in [0, 0.05) is 17.7 Å². The van der Waals surface area contributed by atoms with E-state index in [0.717, 1.165) is 0 Å². The van der Waals surface area contributed by atoms with Crippen LogP contribution in [0.25, 0.3) is 11.0 Å². The number of nitrogens with zero attached hydrogens (tertiary/aromatic N) is 3. The van der Waals surface area contributed by atoms with Crippen molar-refractivity contribution >= 4 is 11.0 Å². The molecule has 0 radical (unpaired) electrons. The lowest BCUT2D eigenvalue weighted by Crippen LogP contribution is -3.09. The number of benzene rings is 1. The number of quaternary nitrogens is 1. The number of hydrogen-bond donors (Lipinski definition) is 2. The van der Waals surface area contributed by atoms with Gasteiger partial charge in [0.2, 0.25) is 0 Å². The molecule has 9 nitrogen and oxygen atoms in total. The van der Waals surface area contributed by atoms with Crippen LogP contribution in [0.15, 0.2) is 41.0 Å². The number of nitrogens with one attached hydrogen (secondary N) is 1. The Morgan fingerprint density at radius 2 is 2.08 bits per heavy atom. The fourth-order valence-corrected chi connectivity index (χ4v) is 3.30. The summed E-state index contributed by atoms with van der Waals surface area (Å²) in [6.45, 7) is 5.89. The van der Waals surface area contributed by atoms with E-state index in [1.807, 2.05) is 6.92 Å². The molecule has 138 valence electrons. The number of hydrogen-bond acceptors (Lipinski definition) is 8. The summed E-state index contributed by atoms with van der Waals surface area (Å²) in [6.07, 6.45) is 3.68. The second kappa shape index (κ2) is 5.97. The molecule has 3 atom stereocenters. The van der Waals surface area contributed by atoms with Gasteiger partial charge in [0.25, 0.3) is 0 Å². The predicted molar refractivity (Wildman–Crippen MR) is 90.3 cm³/mol. The molecular weight excluding hydrogens is 340 g/mol. The minimum Gasteiger partial charge on any atom is -0.603 e. The van der Waals surface area contributed by atoms with E-state index in [2.05, 4.69) is 10.3 Å². The smallest absolute Gasteiger partial charge is 0.145 e. The van der Waals surface area contributed by atoms with Gasteiger partial charge in [-0.2, -0.15) is 0 Å². The van der Waals surface area contributed by atoms with Crippen molar-refractivity contribution in [3.63, 3.8) is 0 Å². The largest absolute Gasteiger partial charge is 0.603 e. The van der Waals surface area contributed by atoms with Crippen LogP contribution in [0.1, 0.15) is 32.4 Å². The first-order valence-corrected chi connectivity index (χ1v) is 8.39. The topological polar surface area (TPSA) is 108 Å². The van der Waals surface area contributed by atoms with Crippen LogP contribution in [0.3, 0.4) is 0 Å². The van der Waals surface area contributed by atoms with Crippen molar-refractivity contribution < 1.29 is 24.4 Å². The van der Waals surface area contributed by atoms with E-state index in [4.69, 9.17) is 14.1 Å². The fourth-order valence-electron chi connectivity index (χ4n) is 3.30. The summed E-state index contributed by atoms with van der Waals surface area (Å²) in [5.41, 5.74) is 0.794. The number of fused-ring (bicyclic) bond motifs is 2. The van der Waals surface area contributed by atoms with E-state index >= 15 is 0 Å². The molecule has 0 amide bonds. The SMILES string of the molecule is CCOC1=CN(C2c3cc4nonc4cc3OC(C)(C)C2O)[NH+]([O-])C=C1. The average molecular weight is 360 g/mol. The van der Waals surface area contributed by atoms with E-state index in [1.54, 1.807) is 38.3 Å². The number of rotatable bonds is 3. The molecule has 9 heteroatoms. The lowest BCUT2D eigenvalue weighted by Gasteiger charge is -2.47. The number of hydroxylamine groups is 1. The van der Waals surface area contributed by atoms with Gasteiger partial charge in [0.1, 0.15) is 46.5 Å². The lowest BCUT2D eigenvalue weighted by atomic mass is 9.86. The lowest BCUT2D eigenvalue weighted by molar-refractivity contribution is -0.923. The first-order chi connectivity index (χ1) is 12.4. The van der Waals surface area contributed by atoms with Gasteiger partial charge in [-0.3, -0.25) is 0 Å². The molecule has 2 aliphatic rings. The highest BCUT2D eigenvalue weighted by molar-refractivity contribution is 5.77. The number of aliphatic hydroxyl groups is 1. The Hall–Kier alpha value is -2.62. The zero-order valence-electron chi connectivity index (χ0n) is 14.7. The molecule has 1 aromatic carbocycles. The van der Waals surface area contributed by atoms with Gasteiger partial charge >= 0.3 is 0 Å². The van der Waals surface area contributed by atoms with Crippen molar-refractivity contribution in [3.05, 3.63) is 47.1 Å². The molecule has 0 spiro atoms. The Balaban J connectivity index is 1.85. The maximum atomic E-state index is 12.6. The van der Waals surface area contributed by atoms with Gasteiger partial charge in [-0.25, -0.2) is 14.8 Å². The van der Waals surface area contributed by atoms with Crippen LogP contribution in [-0.4, -0.2) is 38.7 Å². The number of aromatic nitrogens is 2. The minimum atomic E-state index is -0.970. The number of aliphatic hydroxyl groups excluding tert-OH is 1. The van der Waals surface area contributed by atoms with Gasteiger partial charge in [0.05, 0.1) is 12.8 Å². The van der Waals surface area contributed by atoms with Crippen LogP contribution >= 0.6 is 0 Å². The van der Waals surface area contributed by atoms with Crippen molar-refractivity contribution in [1.82, 2.24) is 15.3 Å². The van der Waals surface area contributed by atoms with Crippen molar-refractivity contribution in [3.8, 4) is 5.75 Å². The van der Waals surface area contributed by atoms with Crippen LogP contribution < -0.4 is 9.91 Å². The molecule has 0 fully saturated rings. The third kappa shape index (κ3) is 2.61. The Labute approximate surface area is 149 Å². The average Bonchev–Trinajstić information content (AvgIpc) is 3.04. The highest BCUT2D eigenvalue weighted by Gasteiger charge is 2.47. The molecular formula is C17H20N4O5. The van der Waals surface area contributed by atoms with Gasteiger partial charge in [-0.1, -0.05) is 0 Å². The number of ether oxygens (including phenoxy) is 2. The van der Waals surface area contributed by atoms with Crippen molar-refractivity contribution in [2.24, 2.45) is 0 Å². The third-order valence-electron chi connectivity index (χ3n) is 4.61. The molecule has 3 unspecified atom stereocenters. The number of allylic oxidation sites excluding steroid dienone is 1. The monoisotopic (exact) mass is 360 g/mol. The molecule has 26 heavy (non-hydrogen) atoms. The van der Waals surface area contributed by atoms with Crippen LogP contribution in [-0.2, 0) is 4.74 Å². The van der Waals surface area contributed by atoms with Gasteiger partial charge in [-0.05, 0) is 37.2 Å². The summed E-state index contributed by atoms with van der Waals surface area (Å²) in [5.74, 6) is 1.08. The Kier molecular flexibility index (Phi) is 3.87.